The third kappa shape index (κ3) is 10.2. The SMILES string of the molecule is CCOC(=O)/C=C(\C)NCC(=O)O.[K+]. The summed E-state index contributed by atoms with van der Waals surface area (Å²) in [5.41, 5.74) is 0.473. The molecular formula is C8H13KNO4+. The predicted molar refractivity (Wildman–Crippen MR) is 46.0 cm³/mol. The largest absolute Gasteiger partial charge is 1.00 e. The van der Waals surface area contributed by atoms with Crippen molar-refractivity contribution in [3.63, 3.8) is 0 Å². The van der Waals surface area contributed by atoms with E-state index in [0.29, 0.717) is 12.3 Å². The van der Waals surface area contributed by atoms with Gasteiger partial charge in [0.15, 0.2) is 0 Å². The number of carboxylic acid groups (broad SMARTS) is 1. The van der Waals surface area contributed by atoms with Gasteiger partial charge in [-0.2, -0.15) is 0 Å². The molecular weight excluding hydrogens is 213 g/mol. The maximum Gasteiger partial charge on any atom is 1.00 e. The maximum atomic E-state index is 10.8. The quantitative estimate of drug-likeness (QED) is 0.299. The normalized spacial score (nSPS) is 10.0. The first kappa shape index (κ1) is 16.5. The molecule has 6 heteroatoms. The van der Waals surface area contributed by atoms with Gasteiger partial charge in [-0.25, -0.2) is 4.79 Å². The molecule has 0 aliphatic heterocycles. The Kier molecular flexibility index (Phi) is 11.4. The molecule has 0 saturated heterocycles. The van der Waals surface area contributed by atoms with Gasteiger partial charge in [0.25, 0.3) is 0 Å². The minimum Gasteiger partial charge on any atom is -0.480 e. The van der Waals surface area contributed by atoms with Gasteiger partial charge in [0.2, 0.25) is 0 Å². The Balaban J connectivity index is 0. The van der Waals surface area contributed by atoms with E-state index in [1.165, 1.54) is 6.08 Å². The van der Waals surface area contributed by atoms with Gasteiger partial charge in [0, 0.05) is 11.8 Å². The zero-order valence-electron chi connectivity index (χ0n) is 8.66. The van der Waals surface area contributed by atoms with Gasteiger partial charge in [-0.15, -0.1) is 0 Å². The van der Waals surface area contributed by atoms with Crippen molar-refractivity contribution in [2.75, 3.05) is 13.2 Å². The smallest absolute Gasteiger partial charge is 0.480 e. The number of nitrogens with one attached hydrogen (secondary N) is 1. The summed E-state index contributed by atoms with van der Waals surface area (Å²) >= 11 is 0. The second kappa shape index (κ2) is 9.66. The Bertz CT molecular complexity index is 227. The van der Waals surface area contributed by atoms with Gasteiger partial charge < -0.3 is 15.2 Å². The van der Waals surface area contributed by atoms with Crippen molar-refractivity contribution in [3.8, 4) is 0 Å². The fourth-order valence-corrected chi connectivity index (χ4v) is 0.627. The summed E-state index contributed by atoms with van der Waals surface area (Å²) in [5, 5.41) is 10.8. The molecule has 0 fully saturated rings. The van der Waals surface area contributed by atoms with Crippen LogP contribution >= 0.6 is 0 Å². The molecule has 0 bridgehead atoms. The first-order chi connectivity index (χ1) is 6.06. The van der Waals surface area contributed by atoms with Crippen LogP contribution in [0.1, 0.15) is 13.8 Å². The summed E-state index contributed by atoms with van der Waals surface area (Å²) in [6.07, 6.45) is 1.21. The second-order valence-corrected chi connectivity index (χ2v) is 2.33. The maximum absolute atomic E-state index is 10.8. The van der Waals surface area contributed by atoms with Crippen LogP contribution in [0.25, 0.3) is 0 Å². The van der Waals surface area contributed by atoms with E-state index in [1.54, 1.807) is 13.8 Å². The average Bonchev–Trinajstić information content (AvgIpc) is 2.01. The molecule has 2 N–H and O–H groups in total. The van der Waals surface area contributed by atoms with Crippen LogP contribution in [-0.2, 0) is 14.3 Å². The van der Waals surface area contributed by atoms with Gasteiger partial charge in [-0.05, 0) is 13.8 Å². The standard InChI is InChI=1S/C8H13NO4.K/c1-3-13-8(12)4-6(2)9-5-7(10)11;/h4,9H,3,5H2,1-2H3,(H,10,11);/q;+1/b6-4+;. The Morgan fingerprint density at radius 2 is 2.07 bits per heavy atom. The molecule has 5 nitrogen and oxygen atoms in total. The van der Waals surface area contributed by atoms with Crippen molar-refractivity contribution < 1.29 is 70.8 Å². The number of aliphatic carboxylic acids is 1. The summed E-state index contributed by atoms with van der Waals surface area (Å²) in [4.78, 5) is 20.9. The molecule has 0 saturated carbocycles. The van der Waals surface area contributed by atoms with Crippen LogP contribution in [0, 0.1) is 0 Å². The van der Waals surface area contributed by atoms with E-state index in [4.69, 9.17) is 5.11 Å². The van der Waals surface area contributed by atoms with E-state index in [2.05, 4.69) is 10.1 Å². The first-order valence-electron chi connectivity index (χ1n) is 3.87. The number of ether oxygens (including phenoxy) is 1. The van der Waals surface area contributed by atoms with E-state index in [1.807, 2.05) is 0 Å². The summed E-state index contributed by atoms with van der Waals surface area (Å²) in [6.45, 7) is 3.40. The second-order valence-electron chi connectivity index (χ2n) is 2.33. The zero-order chi connectivity index (χ0) is 10.3. The molecule has 0 rings (SSSR count). The summed E-state index contributed by atoms with van der Waals surface area (Å²) in [5.74, 6) is -1.45. The Morgan fingerprint density at radius 3 is 2.50 bits per heavy atom. The fraction of sp³-hybridized carbons (Fsp3) is 0.500. The van der Waals surface area contributed by atoms with E-state index in [0.717, 1.165) is 0 Å². The van der Waals surface area contributed by atoms with Gasteiger partial charge in [0.1, 0.15) is 6.54 Å². The number of rotatable bonds is 5. The minimum absolute atomic E-state index is 0. The van der Waals surface area contributed by atoms with E-state index in [9.17, 15) is 9.59 Å². The molecule has 0 radical (unpaired) electrons. The Hall–Kier alpha value is 0.116. The van der Waals surface area contributed by atoms with Gasteiger partial charge in [0.05, 0.1) is 6.61 Å². The Labute approximate surface area is 125 Å². The molecule has 14 heavy (non-hydrogen) atoms. The van der Waals surface area contributed by atoms with Crippen molar-refractivity contribution in [1.29, 1.82) is 0 Å². The van der Waals surface area contributed by atoms with Crippen molar-refractivity contribution in [2.45, 2.75) is 13.8 Å². The van der Waals surface area contributed by atoms with Crippen LogP contribution in [0.3, 0.4) is 0 Å². The Morgan fingerprint density at radius 1 is 1.50 bits per heavy atom. The minimum atomic E-state index is -0.975. The molecule has 0 aromatic heterocycles. The van der Waals surface area contributed by atoms with Crippen molar-refractivity contribution in [3.05, 3.63) is 11.8 Å². The number of carbonyl (C=O) groups is 2. The monoisotopic (exact) mass is 226 g/mol. The average molecular weight is 226 g/mol. The number of allylic oxidation sites excluding steroid dienone is 1. The molecule has 74 valence electrons. The van der Waals surface area contributed by atoms with Gasteiger partial charge in [-0.1, -0.05) is 0 Å². The van der Waals surface area contributed by atoms with E-state index >= 15 is 0 Å². The molecule has 0 spiro atoms. The van der Waals surface area contributed by atoms with Crippen LogP contribution < -0.4 is 56.7 Å². The van der Waals surface area contributed by atoms with Gasteiger partial charge in [-0.3, -0.25) is 4.79 Å². The third-order valence-corrected chi connectivity index (χ3v) is 1.14. The van der Waals surface area contributed by atoms with Crippen molar-refractivity contribution in [1.82, 2.24) is 5.32 Å². The topological polar surface area (TPSA) is 75.6 Å². The molecule has 0 aliphatic rings. The van der Waals surface area contributed by atoms with E-state index in [-0.39, 0.29) is 57.9 Å². The summed E-state index contributed by atoms with van der Waals surface area (Å²) in [7, 11) is 0. The number of carbonyl (C=O) groups excluding carboxylic acids is 1. The fourth-order valence-electron chi connectivity index (χ4n) is 0.627. The summed E-state index contributed by atoms with van der Waals surface area (Å²) < 4.78 is 4.62. The van der Waals surface area contributed by atoms with Crippen LogP contribution in [-0.4, -0.2) is 30.2 Å². The number of hydrogen-bond acceptors (Lipinski definition) is 4. The number of carboxylic acids is 1. The zero-order valence-corrected chi connectivity index (χ0v) is 11.8. The van der Waals surface area contributed by atoms with Crippen LogP contribution in [0.4, 0.5) is 0 Å². The summed E-state index contributed by atoms with van der Waals surface area (Å²) in [6, 6.07) is 0. The molecule has 0 aliphatic carbocycles. The third-order valence-electron chi connectivity index (χ3n) is 1.14. The molecule has 0 unspecified atom stereocenters. The van der Waals surface area contributed by atoms with Crippen LogP contribution in [0.15, 0.2) is 11.8 Å². The van der Waals surface area contributed by atoms with Gasteiger partial charge >= 0.3 is 63.3 Å². The predicted octanol–water partition coefficient (Wildman–Crippen LogP) is -2.87. The molecule has 0 atom stereocenters. The van der Waals surface area contributed by atoms with Crippen LogP contribution in [0.2, 0.25) is 0 Å². The first-order valence-corrected chi connectivity index (χ1v) is 3.87. The van der Waals surface area contributed by atoms with Crippen molar-refractivity contribution >= 4 is 11.9 Å². The van der Waals surface area contributed by atoms with Crippen LogP contribution in [0.5, 0.6) is 0 Å². The molecule has 0 aromatic carbocycles. The number of hydrogen-bond donors (Lipinski definition) is 2. The number of esters is 1. The van der Waals surface area contributed by atoms with Crippen molar-refractivity contribution in [2.24, 2.45) is 0 Å². The molecule has 0 heterocycles. The molecule has 0 aromatic rings. The molecule has 0 amide bonds. The van der Waals surface area contributed by atoms with E-state index < -0.39 is 11.9 Å².